The highest BCUT2D eigenvalue weighted by atomic mass is 127. The third-order valence-corrected chi connectivity index (χ3v) is 4.36. The van der Waals surface area contributed by atoms with E-state index in [-0.39, 0.29) is 9.24 Å². The minimum Gasteiger partial charge on any atom is -0.205 e. The molecule has 0 saturated carbocycles. The largest absolute Gasteiger partial charge is 0.205 e. The van der Waals surface area contributed by atoms with E-state index in [0.717, 1.165) is 24.8 Å². The molecule has 1 aliphatic rings. The van der Waals surface area contributed by atoms with Crippen molar-refractivity contribution in [2.45, 2.75) is 29.6 Å². The van der Waals surface area contributed by atoms with Gasteiger partial charge in [0.1, 0.15) is 5.82 Å². The maximum atomic E-state index is 13.2. The molecule has 76 valence electrons. The molecule has 0 saturated heterocycles. The van der Waals surface area contributed by atoms with E-state index >= 15 is 0 Å². The third-order valence-electron chi connectivity index (χ3n) is 2.83. The lowest BCUT2D eigenvalue weighted by molar-refractivity contribution is 0.558. The van der Waals surface area contributed by atoms with Crippen molar-refractivity contribution >= 4 is 34.2 Å². The second-order valence-electron chi connectivity index (χ2n) is 3.94. The van der Waals surface area contributed by atoms with Crippen molar-refractivity contribution in [3.05, 3.63) is 34.1 Å². The van der Waals surface area contributed by atoms with Crippen molar-refractivity contribution in [1.29, 1.82) is 0 Å². The van der Waals surface area contributed by atoms with E-state index < -0.39 is 0 Å². The molecule has 0 N–H and O–H groups in total. The van der Waals surface area contributed by atoms with Crippen LogP contribution in [0.1, 0.15) is 30.9 Å². The fourth-order valence-corrected chi connectivity index (χ4v) is 3.20. The Balaban J connectivity index is 2.62. The van der Waals surface area contributed by atoms with Crippen LogP contribution in [0.5, 0.6) is 0 Å². The molecular weight excluding hydrogens is 313 g/mol. The molecule has 0 amide bonds. The molecule has 0 spiro atoms. The van der Waals surface area contributed by atoms with Gasteiger partial charge < -0.3 is 0 Å². The summed E-state index contributed by atoms with van der Waals surface area (Å²) in [6.45, 7) is 2.18. The van der Waals surface area contributed by atoms with Crippen molar-refractivity contribution in [3.63, 3.8) is 0 Å². The van der Waals surface area contributed by atoms with Gasteiger partial charge in [-0.25, -0.2) is 4.39 Å². The molecule has 1 aromatic carbocycles. The van der Waals surface area contributed by atoms with Gasteiger partial charge in [0.15, 0.2) is 0 Å². The molecule has 1 unspecified atom stereocenters. The normalized spacial score (nSPS) is 26.0. The maximum absolute atomic E-state index is 13.2. The predicted octanol–water partition coefficient (Wildman–Crippen LogP) is 4.47. The van der Waals surface area contributed by atoms with E-state index in [1.807, 2.05) is 6.07 Å². The minimum atomic E-state index is -0.292. The zero-order chi connectivity index (χ0) is 10.3. The number of benzene rings is 1. The Hall–Kier alpha value is 0.170. The van der Waals surface area contributed by atoms with Gasteiger partial charge in [-0.2, -0.15) is 0 Å². The highest BCUT2D eigenvalue weighted by molar-refractivity contribution is 14.1. The monoisotopic (exact) mass is 324 g/mol. The Kier molecular flexibility index (Phi) is 2.77. The van der Waals surface area contributed by atoms with Crippen LogP contribution in [0.4, 0.5) is 4.39 Å². The van der Waals surface area contributed by atoms with Crippen molar-refractivity contribution < 1.29 is 4.39 Å². The first-order valence-corrected chi connectivity index (χ1v) is 6.14. The van der Waals surface area contributed by atoms with E-state index in [4.69, 9.17) is 11.6 Å². The molecule has 3 heteroatoms. The molecular formula is C11H11ClFI. The van der Waals surface area contributed by atoms with E-state index in [9.17, 15) is 4.39 Å². The molecule has 0 heterocycles. The molecule has 0 aliphatic heterocycles. The zero-order valence-corrected chi connectivity index (χ0v) is 10.8. The van der Waals surface area contributed by atoms with Crippen LogP contribution in [0.15, 0.2) is 12.1 Å². The summed E-state index contributed by atoms with van der Waals surface area (Å²) >= 11 is 8.39. The lowest BCUT2D eigenvalue weighted by Gasteiger charge is -2.31. The van der Waals surface area contributed by atoms with Gasteiger partial charge in [0.25, 0.3) is 0 Å². The van der Waals surface area contributed by atoms with Gasteiger partial charge in [-0.15, -0.1) is 0 Å². The molecule has 14 heavy (non-hydrogen) atoms. The van der Waals surface area contributed by atoms with E-state index in [1.54, 1.807) is 0 Å². The number of hydrogen-bond acceptors (Lipinski definition) is 0. The second-order valence-corrected chi connectivity index (χ2v) is 6.70. The Bertz CT molecular complexity index is 374. The van der Waals surface area contributed by atoms with Crippen LogP contribution in [0, 0.1) is 5.82 Å². The number of fused-ring (bicyclic) bond motifs is 1. The van der Waals surface area contributed by atoms with Gasteiger partial charge >= 0.3 is 0 Å². The van der Waals surface area contributed by atoms with Gasteiger partial charge in [-0.1, -0.05) is 40.3 Å². The van der Waals surface area contributed by atoms with Gasteiger partial charge in [-0.3, -0.25) is 0 Å². The summed E-state index contributed by atoms with van der Waals surface area (Å²) in [7, 11) is 0. The lowest BCUT2D eigenvalue weighted by atomic mass is 9.84. The van der Waals surface area contributed by atoms with Crippen molar-refractivity contribution in [3.8, 4) is 0 Å². The first-order chi connectivity index (χ1) is 6.52. The maximum Gasteiger partial charge on any atom is 0.142 e. The van der Waals surface area contributed by atoms with Gasteiger partial charge in [0.2, 0.25) is 0 Å². The summed E-state index contributed by atoms with van der Waals surface area (Å²) < 4.78 is 13.3. The molecule has 0 nitrogen and oxygen atoms in total. The van der Waals surface area contributed by atoms with Crippen molar-refractivity contribution in [2.75, 3.05) is 0 Å². The number of hydrogen-bond donors (Lipinski definition) is 0. The van der Waals surface area contributed by atoms with Gasteiger partial charge in [-0.05, 0) is 43.4 Å². The molecule has 1 atom stereocenters. The Morgan fingerprint density at radius 1 is 1.50 bits per heavy atom. The quantitative estimate of drug-likeness (QED) is 0.488. The molecule has 0 bridgehead atoms. The van der Waals surface area contributed by atoms with E-state index in [0.29, 0.717) is 5.02 Å². The fourth-order valence-electron chi connectivity index (χ4n) is 2.06. The zero-order valence-electron chi connectivity index (χ0n) is 7.91. The predicted molar refractivity (Wildman–Crippen MR) is 65.7 cm³/mol. The second kappa shape index (κ2) is 3.63. The average Bonchev–Trinajstić information content (AvgIpc) is 2.11. The first-order valence-electron chi connectivity index (χ1n) is 4.68. The molecule has 1 aromatic rings. The topological polar surface area (TPSA) is 0 Å². The SMILES string of the molecule is CC1(I)CCCc2c1ccc(F)c2Cl. The highest BCUT2D eigenvalue weighted by Gasteiger charge is 2.30. The molecule has 0 aromatic heterocycles. The fraction of sp³-hybridized carbons (Fsp3) is 0.455. The third kappa shape index (κ3) is 1.67. The minimum absolute atomic E-state index is 0.114. The summed E-state index contributed by atoms with van der Waals surface area (Å²) in [4.78, 5) is 0. The van der Waals surface area contributed by atoms with Gasteiger partial charge in [0.05, 0.1) is 5.02 Å². The van der Waals surface area contributed by atoms with Crippen molar-refractivity contribution in [1.82, 2.24) is 0 Å². The van der Waals surface area contributed by atoms with Crippen molar-refractivity contribution in [2.24, 2.45) is 0 Å². The highest BCUT2D eigenvalue weighted by Crippen LogP contribution is 2.44. The molecule has 1 aliphatic carbocycles. The van der Waals surface area contributed by atoms with Crippen LogP contribution in [-0.4, -0.2) is 0 Å². The van der Waals surface area contributed by atoms with Gasteiger partial charge in [0, 0.05) is 3.42 Å². The summed E-state index contributed by atoms with van der Waals surface area (Å²) in [5.41, 5.74) is 2.21. The van der Waals surface area contributed by atoms with Crippen LogP contribution in [0.3, 0.4) is 0 Å². The molecule has 0 fully saturated rings. The number of rotatable bonds is 0. The number of alkyl halides is 1. The van der Waals surface area contributed by atoms with Crippen LogP contribution < -0.4 is 0 Å². The van der Waals surface area contributed by atoms with E-state index in [1.165, 1.54) is 11.6 Å². The summed E-state index contributed by atoms with van der Waals surface area (Å²) in [5.74, 6) is -0.292. The Morgan fingerprint density at radius 2 is 2.21 bits per heavy atom. The molecule has 0 radical (unpaired) electrons. The summed E-state index contributed by atoms with van der Waals surface area (Å²) in [5, 5.41) is 0.324. The standard InChI is InChI=1S/C11H11ClFI/c1-11(14)6-2-3-7-8(11)4-5-9(13)10(7)12/h4-5H,2-3,6H2,1H3. The Labute approximate surface area is 102 Å². The Morgan fingerprint density at radius 3 is 2.93 bits per heavy atom. The van der Waals surface area contributed by atoms with Crippen LogP contribution in [0.2, 0.25) is 5.02 Å². The average molecular weight is 325 g/mol. The first kappa shape index (κ1) is 10.7. The summed E-state index contributed by atoms with van der Waals surface area (Å²) in [6.07, 6.45) is 3.14. The lowest BCUT2D eigenvalue weighted by Crippen LogP contribution is -2.21. The van der Waals surface area contributed by atoms with Crippen LogP contribution >= 0.6 is 34.2 Å². The number of halogens is 3. The smallest absolute Gasteiger partial charge is 0.142 e. The van der Waals surface area contributed by atoms with Crippen LogP contribution in [0.25, 0.3) is 0 Å². The van der Waals surface area contributed by atoms with E-state index in [2.05, 4.69) is 29.5 Å². The summed E-state index contributed by atoms with van der Waals surface area (Å²) in [6, 6.07) is 3.35. The molecule has 2 rings (SSSR count). The van der Waals surface area contributed by atoms with Crippen LogP contribution in [-0.2, 0) is 9.84 Å².